The number of pyridine rings is 2. The number of benzene rings is 1. The van der Waals surface area contributed by atoms with E-state index >= 15 is 0 Å². The number of rotatable bonds is 8. The maximum Gasteiger partial charge on any atom is 0.250 e. The number of nitrogens with zero attached hydrogens (tertiary/aromatic N) is 5. The molecule has 3 heterocycles. The summed E-state index contributed by atoms with van der Waals surface area (Å²) in [5, 5.41) is 3.31. The molecule has 0 saturated heterocycles. The van der Waals surface area contributed by atoms with Crippen molar-refractivity contribution in [1.82, 2.24) is 19.0 Å². The highest BCUT2D eigenvalue weighted by molar-refractivity contribution is 9.09. The fraction of sp³-hybridized carbons (Fsp3) is 0.300. The molecule has 10 heteroatoms. The molecule has 0 unspecified atom stereocenters. The van der Waals surface area contributed by atoms with Crippen LogP contribution in [0.1, 0.15) is 39.0 Å². The predicted octanol–water partition coefficient (Wildman–Crippen LogP) is 5.29. The summed E-state index contributed by atoms with van der Waals surface area (Å²) in [7, 11) is 5.41. The van der Waals surface area contributed by atoms with Crippen LogP contribution in [0, 0.1) is 13.8 Å². The van der Waals surface area contributed by atoms with E-state index in [-0.39, 0.29) is 22.2 Å². The molecule has 0 saturated carbocycles. The van der Waals surface area contributed by atoms with Gasteiger partial charge in [-0.25, -0.2) is 9.98 Å². The summed E-state index contributed by atoms with van der Waals surface area (Å²) in [4.78, 5) is 45.4. The molecule has 0 fully saturated rings. The molecular formula is C30H34BrN5O3S. The molecule has 210 valence electrons. The molecular weight excluding hydrogens is 590 g/mol. The molecule has 1 aromatic carbocycles. The summed E-state index contributed by atoms with van der Waals surface area (Å²) in [6.07, 6.45) is 6.01. The van der Waals surface area contributed by atoms with Gasteiger partial charge in [-0.3, -0.25) is 14.4 Å². The average Bonchev–Trinajstić information content (AvgIpc) is 3.41. The molecule has 4 rings (SSSR count). The van der Waals surface area contributed by atoms with Crippen LogP contribution in [-0.2, 0) is 20.5 Å². The van der Waals surface area contributed by atoms with Gasteiger partial charge in [0.2, 0.25) is 0 Å². The number of hydrogen-bond acceptors (Lipinski definition) is 6. The molecule has 3 aromatic heterocycles. The van der Waals surface area contributed by atoms with Crippen molar-refractivity contribution in [1.29, 1.82) is 0 Å². The molecule has 0 aliphatic carbocycles. The zero-order valence-corrected chi connectivity index (χ0v) is 26.0. The number of aromatic nitrogens is 3. The number of halogens is 1. The van der Waals surface area contributed by atoms with Crippen LogP contribution in [0.2, 0.25) is 0 Å². The molecule has 40 heavy (non-hydrogen) atoms. The highest BCUT2D eigenvalue weighted by Gasteiger charge is 2.10. The van der Waals surface area contributed by atoms with Gasteiger partial charge in [0.15, 0.2) is 5.78 Å². The van der Waals surface area contributed by atoms with Crippen LogP contribution in [0.3, 0.4) is 0 Å². The van der Waals surface area contributed by atoms with Crippen molar-refractivity contribution in [2.24, 2.45) is 19.1 Å². The van der Waals surface area contributed by atoms with Crippen LogP contribution in [-0.4, -0.2) is 50.1 Å². The lowest BCUT2D eigenvalue weighted by atomic mass is 10.0. The van der Waals surface area contributed by atoms with Crippen molar-refractivity contribution >= 4 is 45.1 Å². The lowest BCUT2D eigenvalue weighted by Crippen LogP contribution is -2.17. The van der Waals surface area contributed by atoms with E-state index in [4.69, 9.17) is 4.98 Å². The van der Waals surface area contributed by atoms with Gasteiger partial charge in [-0.2, -0.15) is 0 Å². The fourth-order valence-corrected chi connectivity index (χ4v) is 4.78. The zero-order valence-electron chi connectivity index (χ0n) is 23.6. The Labute approximate surface area is 246 Å². The first kappa shape index (κ1) is 30.9. The third-order valence-electron chi connectivity index (χ3n) is 6.39. The van der Waals surface area contributed by atoms with Crippen molar-refractivity contribution in [3.63, 3.8) is 0 Å². The Balaban J connectivity index is 0.000000307. The van der Waals surface area contributed by atoms with Gasteiger partial charge in [0.05, 0.1) is 28.1 Å². The summed E-state index contributed by atoms with van der Waals surface area (Å²) in [5.41, 5.74) is 6.61. The molecule has 0 N–H and O–H groups in total. The van der Waals surface area contributed by atoms with Gasteiger partial charge >= 0.3 is 0 Å². The minimum Gasteiger partial charge on any atom is -0.366 e. The van der Waals surface area contributed by atoms with Gasteiger partial charge < -0.3 is 14.0 Å². The summed E-state index contributed by atoms with van der Waals surface area (Å²) in [5.74, 6) is -0.0762. The van der Waals surface area contributed by atoms with Gasteiger partial charge in [0, 0.05) is 75.1 Å². The third-order valence-corrected chi connectivity index (χ3v) is 7.75. The first-order valence-electron chi connectivity index (χ1n) is 12.7. The van der Waals surface area contributed by atoms with Gasteiger partial charge in [0.1, 0.15) is 0 Å². The average molecular weight is 625 g/mol. The van der Waals surface area contributed by atoms with Crippen LogP contribution < -0.4 is 11.1 Å². The predicted molar refractivity (Wildman–Crippen MR) is 168 cm³/mol. The third kappa shape index (κ3) is 8.19. The van der Waals surface area contributed by atoms with E-state index in [0.29, 0.717) is 5.56 Å². The molecule has 0 atom stereocenters. The normalized spacial score (nSPS) is 10.9. The van der Waals surface area contributed by atoms with Gasteiger partial charge in [-0.1, -0.05) is 22.0 Å². The quantitative estimate of drug-likeness (QED) is 0.115. The van der Waals surface area contributed by atoms with Gasteiger partial charge in [0.25, 0.3) is 11.1 Å². The van der Waals surface area contributed by atoms with Crippen LogP contribution in [0.5, 0.6) is 0 Å². The first-order valence-corrected chi connectivity index (χ1v) is 14.7. The van der Waals surface area contributed by atoms with E-state index in [9.17, 15) is 14.4 Å². The number of thiazole rings is 1. The number of carbonyl (C=O) groups is 1. The van der Waals surface area contributed by atoms with Crippen LogP contribution in [0.4, 0.5) is 5.69 Å². The van der Waals surface area contributed by atoms with E-state index in [1.807, 2.05) is 24.8 Å². The molecule has 0 radical (unpaired) electrons. The number of Topliss-reactive ketones (excluding diaryl/α,β-unsaturated/α-hetero) is 1. The molecule has 4 aromatic rings. The topological polar surface area (TPSA) is 89.6 Å². The summed E-state index contributed by atoms with van der Waals surface area (Å²) >= 11 is 4.67. The van der Waals surface area contributed by atoms with E-state index in [1.54, 1.807) is 54.5 Å². The highest BCUT2D eigenvalue weighted by Crippen LogP contribution is 2.27. The van der Waals surface area contributed by atoms with Crippen LogP contribution in [0.25, 0.3) is 11.3 Å². The van der Waals surface area contributed by atoms with Crippen molar-refractivity contribution in [2.45, 2.75) is 27.2 Å². The minimum absolute atomic E-state index is 0.0246. The molecule has 8 nitrogen and oxygen atoms in total. The fourth-order valence-electron chi connectivity index (χ4n) is 3.63. The Bertz CT molecular complexity index is 1640. The molecule has 0 aliphatic rings. The van der Waals surface area contributed by atoms with Crippen molar-refractivity contribution < 1.29 is 4.79 Å². The number of aryl methyl sites for hydroxylation is 4. The highest BCUT2D eigenvalue weighted by atomic mass is 79.9. The van der Waals surface area contributed by atoms with Crippen LogP contribution >= 0.6 is 27.3 Å². The number of hydrogen-bond donors (Lipinski definition) is 0. The summed E-state index contributed by atoms with van der Waals surface area (Å²) in [6.45, 7) is 7.24. The second kappa shape index (κ2) is 14.1. The Morgan fingerprint density at radius 3 is 2.35 bits per heavy atom. The number of ketones is 1. The first-order chi connectivity index (χ1) is 19.0. The standard InChI is InChI=1S/C22H26N4OS.C8H8BrNO2/c1-6-25(4)14-23-19-10-15(2)18(9-16(19)3)11-21-24-20(13-28-21)17-7-8-26(5)22(27)12-17;1-10-3-2-6(4-8(10)12)7(11)5-9/h7-10,12-14H,6,11H2,1-5H3;2-4H,5H2,1H3. The molecule has 0 bridgehead atoms. The summed E-state index contributed by atoms with van der Waals surface area (Å²) in [6, 6.07) is 10.9. The Morgan fingerprint density at radius 2 is 1.73 bits per heavy atom. The second-order valence-electron chi connectivity index (χ2n) is 9.47. The smallest absolute Gasteiger partial charge is 0.250 e. The maximum atomic E-state index is 11.9. The molecule has 0 aliphatic heterocycles. The van der Waals surface area contributed by atoms with E-state index < -0.39 is 0 Å². The minimum atomic E-state index is -0.165. The van der Waals surface area contributed by atoms with Crippen molar-refractivity contribution in [3.8, 4) is 11.3 Å². The van der Waals surface area contributed by atoms with Gasteiger partial charge in [-0.05, 0) is 55.7 Å². The second-order valence-corrected chi connectivity index (χ2v) is 11.0. The monoisotopic (exact) mass is 623 g/mol. The van der Waals surface area contributed by atoms with Crippen molar-refractivity contribution in [2.75, 3.05) is 18.9 Å². The lowest BCUT2D eigenvalue weighted by Gasteiger charge is -2.11. The van der Waals surface area contributed by atoms with E-state index in [2.05, 4.69) is 58.7 Å². The largest absolute Gasteiger partial charge is 0.366 e. The number of aliphatic imine (C=N–C) groups is 1. The van der Waals surface area contributed by atoms with E-state index in [1.165, 1.54) is 21.8 Å². The maximum absolute atomic E-state index is 11.9. The SMILES string of the molecule is CCN(C)C=Nc1cc(C)c(Cc2nc(-c3ccn(C)c(=O)c3)cs2)cc1C.Cn1ccc(C(=O)CBr)cc1=O. The van der Waals surface area contributed by atoms with Crippen LogP contribution in [0.15, 0.2) is 68.8 Å². The van der Waals surface area contributed by atoms with E-state index in [0.717, 1.165) is 40.5 Å². The zero-order chi connectivity index (χ0) is 29.4. The molecule has 0 amide bonds. The molecule has 0 spiro atoms. The number of alkyl halides is 1. The van der Waals surface area contributed by atoms with Crippen molar-refractivity contribution in [3.05, 3.63) is 102 Å². The number of carbonyl (C=O) groups excluding carboxylic acids is 1. The Hall–Kier alpha value is -3.63. The summed E-state index contributed by atoms with van der Waals surface area (Å²) < 4.78 is 2.98. The Morgan fingerprint density at radius 1 is 1.05 bits per heavy atom. The lowest BCUT2D eigenvalue weighted by molar-refractivity contribution is 0.102. The Kier molecular flexibility index (Phi) is 10.9. The van der Waals surface area contributed by atoms with Gasteiger partial charge in [-0.15, -0.1) is 11.3 Å².